The van der Waals surface area contributed by atoms with Gasteiger partial charge < -0.3 is 4.57 Å². The van der Waals surface area contributed by atoms with E-state index in [1.807, 2.05) is 40.5 Å². The Morgan fingerprint density at radius 3 is 2.08 bits per heavy atom. The monoisotopic (exact) mass is 721 g/mol. The second kappa shape index (κ2) is 12.2. The summed E-state index contributed by atoms with van der Waals surface area (Å²) in [6, 6.07) is 28.4. The molecule has 3 nitrogen and oxygen atoms in total. The van der Waals surface area contributed by atoms with Gasteiger partial charge in [0, 0.05) is 64.1 Å². The van der Waals surface area contributed by atoms with Crippen molar-refractivity contribution in [1.82, 2.24) is 14.5 Å². The van der Waals surface area contributed by atoms with Crippen molar-refractivity contribution >= 4 is 83.4 Å². The van der Waals surface area contributed by atoms with Gasteiger partial charge in [-0.25, -0.2) is 9.97 Å². The lowest BCUT2D eigenvalue weighted by Gasteiger charge is -2.22. The highest BCUT2D eigenvalue weighted by Crippen LogP contribution is 2.51. The van der Waals surface area contributed by atoms with Crippen molar-refractivity contribution in [2.45, 2.75) is 70.4 Å². The van der Waals surface area contributed by atoms with Gasteiger partial charge in [-0.15, -0.1) is 34.4 Å². The molecule has 0 aliphatic carbocycles. The number of fused-ring (bicyclic) bond motifs is 5. The number of aromatic nitrogens is 3. The van der Waals surface area contributed by atoms with Crippen LogP contribution in [-0.4, -0.2) is 19.3 Å². The standard InChI is InChI=1S/C45H43N3S3/c1-11-29-25(2)26(3)32-24-35(49-40(32)41(29)51-45(7,8)9)42-38-39(43(50-42)44(4,5)6)47-37(36(46-38)27-17-13-12-14-18-27)28-21-22-31-30-19-15-16-20-33(30)48(10)34(31)23-28/h11-24H,1H2,2-10H3. The summed E-state index contributed by atoms with van der Waals surface area (Å²) >= 11 is 5.69. The van der Waals surface area contributed by atoms with E-state index in [0.717, 1.165) is 33.5 Å². The number of benzene rings is 4. The number of hydrogen-bond acceptors (Lipinski definition) is 5. The van der Waals surface area contributed by atoms with Gasteiger partial charge in [-0.2, -0.15) is 0 Å². The lowest BCUT2D eigenvalue weighted by molar-refractivity contribution is 0.607. The number of thioether (sulfide) groups is 1. The Morgan fingerprint density at radius 2 is 1.37 bits per heavy atom. The van der Waals surface area contributed by atoms with Gasteiger partial charge in [0.05, 0.1) is 16.3 Å². The summed E-state index contributed by atoms with van der Waals surface area (Å²) in [5.74, 6) is 0. The van der Waals surface area contributed by atoms with E-state index >= 15 is 0 Å². The van der Waals surface area contributed by atoms with Crippen molar-refractivity contribution in [3.8, 4) is 32.3 Å². The van der Waals surface area contributed by atoms with E-state index in [2.05, 4.69) is 152 Å². The van der Waals surface area contributed by atoms with Crippen molar-refractivity contribution in [3.05, 3.63) is 107 Å². The minimum absolute atomic E-state index is 0.0627. The van der Waals surface area contributed by atoms with Gasteiger partial charge in [0.2, 0.25) is 0 Å². The van der Waals surface area contributed by atoms with Crippen LogP contribution in [-0.2, 0) is 12.5 Å². The molecule has 0 bridgehead atoms. The van der Waals surface area contributed by atoms with Gasteiger partial charge in [0.1, 0.15) is 11.0 Å². The predicted octanol–water partition coefficient (Wildman–Crippen LogP) is 14.0. The molecule has 4 heterocycles. The van der Waals surface area contributed by atoms with Crippen molar-refractivity contribution in [3.63, 3.8) is 0 Å². The molecule has 0 atom stereocenters. The molecule has 0 saturated carbocycles. The van der Waals surface area contributed by atoms with Gasteiger partial charge in [0.25, 0.3) is 0 Å². The average Bonchev–Trinajstić information content (AvgIpc) is 3.79. The minimum Gasteiger partial charge on any atom is -0.344 e. The molecular weight excluding hydrogens is 679 g/mol. The van der Waals surface area contributed by atoms with E-state index in [-0.39, 0.29) is 10.2 Å². The lowest BCUT2D eigenvalue weighted by Crippen LogP contribution is -2.09. The minimum atomic E-state index is -0.117. The fourth-order valence-corrected chi connectivity index (χ4v) is 11.2. The maximum absolute atomic E-state index is 5.63. The number of aryl methyl sites for hydroxylation is 2. The van der Waals surface area contributed by atoms with Crippen LogP contribution in [0.4, 0.5) is 0 Å². The van der Waals surface area contributed by atoms with Crippen LogP contribution in [0, 0.1) is 13.8 Å². The zero-order chi connectivity index (χ0) is 36.0. The summed E-state index contributed by atoms with van der Waals surface area (Å²) in [6.07, 6.45) is 2.04. The number of thiophene rings is 2. The van der Waals surface area contributed by atoms with Gasteiger partial charge in [0.15, 0.2) is 0 Å². The number of rotatable bonds is 5. The fraction of sp³-hybridized carbons (Fsp3) is 0.244. The van der Waals surface area contributed by atoms with Crippen molar-refractivity contribution < 1.29 is 0 Å². The second-order valence-electron chi connectivity index (χ2n) is 15.6. The third-order valence-corrected chi connectivity index (χ3v) is 14.1. The van der Waals surface area contributed by atoms with Gasteiger partial charge >= 0.3 is 0 Å². The smallest absolute Gasteiger partial charge is 0.109 e. The maximum Gasteiger partial charge on any atom is 0.109 e. The number of hydrogen-bond donors (Lipinski definition) is 0. The highest BCUT2D eigenvalue weighted by atomic mass is 32.2. The van der Waals surface area contributed by atoms with E-state index in [4.69, 9.17) is 9.97 Å². The van der Waals surface area contributed by atoms with E-state index in [9.17, 15) is 0 Å². The Labute approximate surface area is 313 Å². The van der Waals surface area contributed by atoms with E-state index < -0.39 is 0 Å². The zero-order valence-electron chi connectivity index (χ0n) is 30.9. The molecule has 8 aromatic rings. The molecule has 0 unspecified atom stereocenters. The Balaban J connectivity index is 1.43. The summed E-state index contributed by atoms with van der Waals surface area (Å²) in [4.78, 5) is 16.3. The summed E-state index contributed by atoms with van der Waals surface area (Å²) in [7, 11) is 2.15. The summed E-state index contributed by atoms with van der Waals surface area (Å²) in [5, 5.41) is 3.83. The molecule has 0 spiro atoms. The van der Waals surface area contributed by atoms with Gasteiger partial charge in [-0.3, -0.25) is 0 Å². The van der Waals surface area contributed by atoms with Gasteiger partial charge in [-0.1, -0.05) is 115 Å². The van der Waals surface area contributed by atoms with Crippen molar-refractivity contribution in [2.75, 3.05) is 0 Å². The van der Waals surface area contributed by atoms with Crippen LogP contribution in [0.1, 0.15) is 63.1 Å². The Hall–Kier alpha value is -4.23. The first-order valence-corrected chi connectivity index (χ1v) is 20.0. The normalized spacial score (nSPS) is 12.6. The number of nitrogens with zero attached hydrogens (tertiary/aromatic N) is 3. The zero-order valence-corrected chi connectivity index (χ0v) is 33.3. The molecule has 6 heteroatoms. The van der Waals surface area contributed by atoms with Crippen LogP contribution in [0.2, 0.25) is 0 Å². The largest absolute Gasteiger partial charge is 0.344 e. The van der Waals surface area contributed by atoms with Crippen LogP contribution in [0.15, 0.2) is 90.3 Å². The molecule has 4 aromatic heterocycles. The van der Waals surface area contributed by atoms with Crippen molar-refractivity contribution in [1.29, 1.82) is 0 Å². The molecule has 0 amide bonds. The molecule has 256 valence electrons. The van der Waals surface area contributed by atoms with E-state index in [0.29, 0.717) is 0 Å². The lowest BCUT2D eigenvalue weighted by atomic mass is 9.93. The molecule has 51 heavy (non-hydrogen) atoms. The molecule has 0 aliphatic rings. The molecule has 8 rings (SSSR count). The molecule has 4 aromatic carbocycles. The Bertz CT molecular complexity index is 2670. The molecule has 0 aliphatic heterocycles. The first-order valence-electron chi connectivity index (χ1n) is 17.5. The highest BCUT2D eigenvalue weighted by Gasteiger charge is 2.29. The molecule has 0 radical (unpaired) electrons. The van der Waals surface area contributed by atoms with Crippen LogP contribution in [0.3, 0.4) is 0 Å². The SMILES string of the molecule is C=Cc1c(C)c(C)c2cc(-c3sc(C(C)(C)C)c4nc(-c5ccc6c7ccccc7n(C)c6c5)c(-c5ccccc5)nc34)sc2c1SC(C)(C)C. The van der Waals surface area contributed by atoms with Crippen LogP contribution in [0.25, 0.3) is 81.3 Å². The summed E-state index contributed by atoms with van der Waals surface area (Å²) < 4.78 is 3.69. The predicted molar refractivity (Wildman–Crippen MR) is 227 cm³/mol. The van der Waals surface area contributed by atoms with Gasteiger partial charge in [-0.05, 0) is 59.5 Å². The first-order chi connectivity index (χ1) is 24.2. The fourth-order valence-electron chi connectivity index (χ4n) is 7.23. The quantitative estimate of drug-likeness (QED) is 0.166. The Morgan fingerprint density at radius 1 is 0.706 bits per heavy atom. The third-order valence-electron chi connectivity index (χ3n) is 9.84. The van der Waals surface area contributed by atoms with Crippen LogP contribution in [0.5, 0.6) is 0 Å². The topological polar surface area (TPSA) is 30.7 Å². The van der Waals surface area contributed by atoms with Crippen molar-refractivity contribution in [2.24, 2.45) is 7.05 Å². The molecule has 0 N–H and O–H groups in total. The highest BCUT2D eigenvalue weighted by molar-refractivity contribution is 8.01. The summed E-state index contributed by atoms with van der Waals surface area (Å²) in [5.41, 5.74) is 12.1. The van der Waals surface area contributed by atoms with E-state index in [1.165, 1.54) is 68.1 Å². The molecule has 0 saturated heterocycles. The average molecular weight is 722 g/mol. The second-order valence-corrected chi connectivity index (χ2v) is 19.5. The van der Waals surface area contributed by atoms with Crippen LogP contribution < -0.4 is 0 Å². The molecular formula is C45H43N3S3. The summed E-state index contributed by atoms with van der Waals surface area (Å²) in [6.45, 7) is 22.5. The Kier molecular flexibility index (Phi) is 8.10. The van der Waals surface area contributed by atoms with E-state index in [1.54, 1.807) is 0 Å². The first kappa shape index (κ1) is 33.9. The number of para-hydroxylation sites is 1. The third kappa shape index (κ3) is 5.63. The molecule has 0 fully saturated rings. The maximum atomic E-state index is 5.63. The van der Waals surface area contributed by atoms with Crippen LogP contribution >= 0.6 is 34.4 Å².